The van der Waals surface area contributed by atoms with E-state index in [2.05, 4.69) is 25.6 Å². The van der Waals surface area contributed by atoms with Crippen molar-refractivity contribution in [1.29, 1.82) is 0 Å². The summed E-state index contributed by atoms with van der Waals surface area (Å²) in [6.45, 7) is 2.42. The lowest BCUT2D eigenvalue weighted by molar-refractivity contribution is 0.446. The lowest BCUT2D eigenvalue weighted by Crippen LogP contribution is -2.30. The number of hydrogen-bond donors (Lipinski definition) is 2. The molecule has 118 valence electrons. The predicted molar refractivity (Wildman–Crippen MR) is 86.3 cm³/mol. The van der Waals surface area contributed by atoms with Crippen LogP contribution < -0.4 is 10.9 Å². The van der Waals surface area contributed by atoms with Gasteiger partial charge in [0.1, 0.15) is 5.82 Å². The van der Waals surface area contributed by atoms with Gasteiger partial charge in [0.25, 0.3) is 5.56 Å². The summed E-state index contributed by atoms with van der Waals surface area (Å²) in [5.41, 5.74) is 1.74. The number of aromatic amines is 1. The summed E-state index contributed by atoms with van der Waals surface area (Å²) in [5.74, 6) is 0.965. The molecule has 0 spiro atoms. The first-order valence-electron chi connectivity index (χ1n) is 7.89. The molecule has 7 nitrogen and oxygen atoms in total. The largest absolute Gasteiger partial charge is 0.316 e. The highest BCUT2D eigenvalue weighted by atomic mass is 16.1. The van der Waals surface area contributed by atoms with Crippen LogP contribution in [0.5, 0.6) is 0 Å². The van der Waals surface area contributed by atoms with E-state index >= 15 is 0 Å². The van der Waals surface area contributed by atoms with Gasteiger partial charge in [-0.2, -0.15) is 0 Å². The third-order valence-corrected chi connectivity index (χ3v) is 4.25. The molecule has 7 heteroatoms. The van der Waals surface area contributed by atoms with E-state index in [1.807, 2.05) is 30.3 Å². The molecule has 0 amide bonds. The minimum atomic E-state index is -0.213. The van der Waals surface area contributed by atoms with Gasteiger partial charge in [0, 0.05) is 12.5 Å². The molecule has 0 aliphatic carbocycles. The Morgan fingerprint density at radius 1 is 1.26 bits per heavy atom. The average Bonchev–Trinajstić information content (AvgIpc) is 3.00. The molecule has 1 aromatic carbocycles. The molecular formula is C16H18N6O. The van der Waals surface area contributed by atoms with Gasteiger partial charge in [-0.15, -0.1) is 5.10 Å². The van der Waals surface area contributed by atoms with Crippen molar-refractivity contribution in [2.45, 2.75) is 25.3 Å². The second kappa shape index (κ2) is 5.92. The van der Waals surface area contributed by atoms with Crippen molar-refractivity contribution < 1.29 is 0 Å². The molecule has 4 rings (SSSR count). The van der Waals surface area contributed by atoms with Crippen LogP contribution in [0.15, 0.2) is 35.1 Å². The Bertz CT molecular complexity index is 863. The Balaban J connectivity index is 1.74. The van der Waals surface area contributed by atoms with Gasteiger partial charge in [0.2, 0.25) is 0 Å². The Labute approximate surface area is 132 Å². The Morgan fingerprint density at radius 3 is 2.91 bits per heavy atom. The second-order valence-corrected chi connectivity index (χ2v) is 5.90. The van der Waals surface area contributed by atoms with Gasteiger partial charge in [-0.25, -0.2) is 9.67 Å². The minimum Gasteiger partial charge on any atom is -0.316 e. The molecule has 23 heavy (non-hydrogen) atoms. The molecular weight excluding hydrogens is 292 g/mol. The topological polar surface area (TPSA) is 88.5 Å². The first kappa shape index (κ1) is 14.1. The third-order valence-electron chi connectivity index (χ3n) is 4.25. The molecule has 0 unspecified atom stereocenters. The van der Waals surface area contributed by atoms with Crippen LogP contribution in [0.3, 0.4) is 0 Å². The van der Waals surface area contributed by atoms with Crippen molar-refractivity contribution in [2.24, 2.45) is 0 Å². The zero-order valence-electron chi connectivity index (χ0n) is 12.7. The maximum absolute atomic E-state index is 12.3. The number of rotatable bonds is 3. The normalized spacial score (nSPS) is 18.3. The van der Waals surface area contributed by atoms with Crippen molar-refractivity contribution in [3.63, 3.8) is 0 Å². The van der Waals surface area contributed by atoms with E-state index < -0.39 is 0 Å². The molecule has 2 N–H and O–H groups in total. The SMILES string of the molecule is O=c1[nH]c([C@@H]2CCCNC2)nc2c1nnn2Cc1ccccc1. The molecule has 1 atom stereocenters. The Kier molecular flexibility index (Phi) is 3.63. The summed E-state index contributed by atoms with van der Waals surface area (Å²) in [4.78, 5) is 19.8. The lowest BCUT2D eigenvalue weighted by atomic mass is 9.99. The molecule has 0 bridgehead atoms. The van der Waals surface area contributed by atoms with E-state index in [-0.39, 0.29) is 11.5 Å². The van der Waals surface area contributed by atoms with E-state index in [1.54, 1.807) is 4.68 Å². The van der Waals surface area contributed by atoms with E-state index in [0.717, 1.165) is 37.3 Å². The van der Waals surface area contributed by atoms with Gasteiger partial charge >= 0.3 is 0 Å². The van der Waals surface area contributed by atoms with Crippen LogP contribution in [0.1, 0.15) is 30.1 Å². The van der Waals surface area contributed by atoms with Crippen LogP contribution in [-0.2, 0) is 6.54 Å². The Hall–Kier alpha value is -2.54. The number of piperidine rings is 1. The summed E-state index contributed by atoms with van der Waals surface area (Å²) >= 11 is 0. The van der Waals surface area contributed by atoms with Gasteiger partial charge in [0.15, 0.2) is 11.2 Å². The highest BCUT2D eigenvalue weighted by molar-refractivity contribution is 5.68. The summed E-state index contributed by atoms with van der Waals surface area (Å²) in [5, 5.41) is 11.4. The van der Waals surface area contributed by atoms with E-state index in [4.69, 9.17) is 0 Å². The summed E-state index contributed by atoms with van der Waals surface area (Å²) in [6, 6.07) is 9.97. The number of nitrogens with zero attached hydrogens (tertiary/aromatic N) is 4. The van der Waals surface area contributed by atoms with Crippen LogP contribution in [-0.4, -0.2) is 38.1 Å². The minimum absolute atomic E-state index is 0.213. The van der Waals surface area contributed by atoms with Crippen LogP contribution in [0.4, 0.5) is 0 Å². The molecule has 1 aliphatic heterocycles. The van der Waals surface area contributed by atoms with Crippen LogP contribution in [0, 0.1) is 0 Å². The van der Waals surface area contributed by atoms with Gasteiger partial charge in [0.05, 0.1) is 6.54 Å². The van der Waals surface area contributed by atoms with Gasteiger partial charge in [-0.05, 0) is 24.9 Å². The molecule has 2 aromatic heterocycles. The van der Waals surface area contributed by atoms with Crippen molar-refractivity contribution in [3.8, 4) is 0 Å². The average molecular weight is 310 g/mol. The monoisotopic (exact) mass is 310 g/mol. The van der Waals surface area contributed by atoms with Gasteiger partial charge in [-0.3, -0.25) is 4.79 Å². The number of aromatic nitrogens is 5. The zero-order chi connectivity index (χ0) is 15.6. The fraction of sp³-hybridized carbons (Fsp3) is 0.375. The van der Waals surface area contributed by atoms with Crippen molar-refractivity contribution in [3.05, 3.63) is 52.1 Å². The number of nitrogens with one attached hydrogen (secondary N) is 2. The molecule has 1 saturated heterocycles. The number of fused-ring (bicyclic) bond motifs is 1. The third kappa shape index (κ3) is 2.75. The fourth-order valence-electron chi connectivity index (χ4n) is 3.02. The second-order valence-electron chi connectivity index (χ2n) is 5.90. The molecule has 3 heterocycles. The number of H-pyrrole nitrogens is 1. The Morgan fingerprint density at radius 2 is 2.13 bits per heavy atom. The highest BCUT2D eigenvalue weighted by Crippen LogP contribution is 2.20. The summed E-state index contributed by atoms with van der Waals surface area (Å²) in [7, 11) is 0. The van der Waals surface area contributed by atoms with Crippen LogP contribution in [0.25, 0.3) is 11.2 Å². The first-order chi connectivity index (χ1) is 11.3. The maximum Gasteiger partial charge on any atom is 0.281 e. The quantitative estimate of drug-likeness (QED) is 0.754. The summed E-state index contributed by atoms with van der Waals surface area (Å²) < 4.78 is 1.69. The van der Waals surface area contributed by atoms with Crippen molar-refractivity contribution in [1.82, 2.24) is 30.3 Å². The zero-order valence-corrected chi connectivity index (χ0v) is 12.7. The van der Waals surface area contributed by atoms with Crippen LogP contribution >= 0.6 is 0 Å². The lowest BCUT2D eigenvalue weighted by Gasteiger charge is -2.21. The molecule has 3 aromatic rings. The summed E-state index contributed by atoms with van der Waals surface area (Å²) in [6.07, 6.45) is 2.12. The van der Waals surface area contributed by atoms with E-state index in [0.29, 0.717) is 17.7 Å². The number of benzene rings is 1. The molecule has 1 aliphatic rings. The number of hydrogen-bond acceptors (Lipinski definition) is 5. The van der Waals surface area contributed by atoms with Gasteiger partial charge < -0.3 is 10.3 Å². The molecule has 1 fully saturated rings. The fourth-order valence-corrected chi connectivity index (χ4v) is 3.02. The smallest absolute Gasteiger partial charge is 0.281 e. The highest BCUT2D eigenvalue weighted by Gasteiger charge is 2.20. The van der Waals surface area contributed by atoms with Gasteiger partial charge in [-0.1, -0.05) is 35.5 Å². The predicted octanol–water partition coefficient (Wildman–Crippen LogP) is 1.03. The standard InChI is InChI=1S/C16H18N6O/c23-16-13-15(18-14(19-16)12-7-4-8-17-9-12)22(21-20-13)10-11-5-2-1-3-6-11/h1-3,5-6,12,17H,4,7-10H2,(H,18,19,23)/t12-/m1/s1. The van der Waals surface area contributed by atoms with E-state index in [1.165, 1.54) is 0 Å². The van der Waals surface area contributed by atoms with Crippen molar-refractivity contribution >= 4 is 11.2 Å². The molecule has 0 saturated carbocycles. The maximum atomic E-state index is 12.3. The first-order valence-corrected chi connectivity index (χ1v) is 7.89. The van der Waals surface area contributed by atoms with E-state index in [9.17, 15) is 4.79 Å². The molecule has 0 radical (unpaired) electrons. The van der Waals surface area contributed by atoms with Crippen LogP contribution in [0.2, 0.25) is 0 Å². The van der Waals surface area contributed by atoms with Crippen molar-refractivity contribution in [2.75, 3.05) is 13.1 Å².